The lowest BCUT2D eigenvalue weighted by Crippen LogP contribution is -2.23. The number of ether oxygens (including phenoxy) is 1. The normalized spacial score (nSPS) is 14.4. The summed E-state index contributed by atoms with van der Waals surface area (Å²) in [6.45, 7) is 0.342. The molecule has 2 N–H and O–H groups in total. The smallest absolute Gasteiger partial charge is 0.406 e. The van der Waals surface area contributed by atoms with Gasteiger partial charge in [-0.2, -0.15) is 4.98 Å². The van der Waals surface area contributed by atoms with Gasteiger partial charge in [0.05, 0.1) is 10.6 Å². The molecule has 8 nitrogen and oxygen atoms in total. The molecule has 0 spiro atoms. The molecule has 2 aromatic carbocycles. The van der Waals surface area contributed by atoms with E-state index in [-0.39, 0.29) is 17.5 Å². The highest BCUT2D eigenvalue weighted by atomic mass is 19.4. The lowest BCUT2D eigenvalue weighted by atomic mass is 9.96. The fraction of sp³-hybridized carbons (Fsp3) is 0.333. The molecule has 1 heterocycles. The van der Waals surface area contributed by atoms with Gasteiger partial charge in [-0.15, -0.1) is 13.2 Å². The predicted octanol–water partition coefficient (Wildman–Crippen LogP) is 6.31. The molecule has 1 aliphatic carbocycles. The van der Waals surface area contributed by atoms with Gasteiger partial charge in [0, 0.05) is 36.3 Å². The highest BCUT2D eigenvalue weighted by molar-refractivity contribution is 5.66. The molecular weight excluding hydrogens is 463 g/mol. The maximum atomic E-state index is 12.7. The summed E-state index contributed by atoms with van der Waals surface area (Å²) in [6.07, 6.45) is 0.601. The third-order valence-corrected chi connectivity index (χ3v) is 5.65. The van der Waals surface area contributed by atoms with Crippen molar-refractivity contribution in [2.75, 3.05) is 10.6 Å². The van der Waals surface area contributed by atoms with Crippen LogP contribution in [0.25, 0.3) is 11.3 Å². The zero-order chi connectivity index (χ0) is 24.8. The first-order valence-corrected chi connectivity index (χ1v) is 11.2. The quantitative estimate of drug-likeness (QED) is 0.284. The summed E-state index contributed by atoms with van der Waals surface area (Å²) in [7, 11) is 0. The van der Waals surface area contributed by atoms with Crippen LogP contribution < -0.4 is 15.4 Å². The van der Waals surface area contributed by atoms with Crippen LogP contribution in [0.2, 0.25) is 0 Å². The molecular formula is C24H24F3N5O3. The van der Waals surface area contributed by atoms with Crippen LogP contribution in [0.4, 0.5) is 30.6 Å². The maximum absolute atomic E-state index is 12.7. The minimum absolute atomic E-state index is 0.00185. The van der Waals surface area contributed by atoms with Gasteiger partial charge in [-0.25, -0.2) is 4.98 Å². The van der Waals surface area contributed by atoms with Crippen molar-refractivity contribution in [1.82, 2.24) is 9.97 Å². The molecule has 35 heavy (non-hydrogen) atoms. The Kier molecular flexibility index (Phi) is 7.33. The Morgan fingerprint density at radius 2 is 1.77 bits per heavy atom. The van der Waals surface area contributed by atoms with Crippen molar-refractivity contribution in [2.45, 2.75) is 51.1 Å². The summed E-state index contributed by atoms with van der Waals surface area (Å²) in [5.74, 6) is 0.507. The number of alkyl halides is 3. The lowest BCUT2D eigenvalue weighted by molar-refractivity contribution is -0.384. The van der Waals surface area contributed by atoms with E-state index in [2.05, 4.69) is 25.3 Å². The first-order chi connectivity index (χ1) is 16.7. The third-order valence-electron chi connectivity index (χ3n) is 5.65. The van der Waals surface area contributed by atoms with Crippen LogP contribution in [0, 0.1) is 10.1 Å². The molecule has 0 unspecified atom stereocenters. The first-order valence-electron chi connectivity index (χ1n) is 11.2. The molecule has 184 valence electrons. The van der Waals surface area contributed by atoms with Crippen molar-refractivity contribution < 1.29 is 22.8 Å². The molecule has 4 rings (SSSR count). The number of anilines is 2. The number of benzene rings is 2. The Balaban J connectivity index is 1.59. The molecule has 1 aromatic heterocycles. The van der Waals surface area contributed by atoms with Crippen LogP contribution in [0.5, 0.6) is 5.75 Å². The summed E-state index contributed by atoms with van der Waals surface area (Å²) in [4.78, 5) is 19.5. The second-order valence-corrected chi connectivity index (χ2v) is 8.29. The van der Waals surface area contributed by atoms with E-state index in [0.29, 0.717) is 29.6 Å². The van der Waals surface area contributed by atoms with E-state index < -0.39 is 11.3 Å². The zero-order valence-electron chi connectivity index (χ0n) is 18.7. The van der Waals surface area contributed by atoms with Gasteiger partial charge in [0.1, 0.15) is 11.6 Å². The number of nitro benzene ring substituents is 1. The molecule has 0 radical (unpaired) electrons. The summed E-state index contributed by atoms with van der Waals surface area (Å²) in [6, 6.07) is 13.6. The summed E-state index contributed by atoms with van der Waals surface area (Å²) >= 11 is 0. The van der Waals surface area contributed by atoms with Crippen LogP contribution in [-0.2, 0) is 6.54 Å². The van der Waals surface area contributed by atoms with Crippen LogP contribution in [0.3, 0.4) is 0 Å². The fourth-order valence-corrected chi connectivity index (χ4v) is 3.96. The second kappa shape index (κ2) is 10.6. The Labute approximate surface area is 199 Å². The topological polar surface area (TPSA) is 102 Å². The van der Waals surface area contributed by atoms with Gasteiger partial charge in [0.25, 0.3) is 5.69 Å². The zero-order valence-corrected chi connectivity index (χ0v) is 18.7. The lowest BCUT2D eigenvalue weighted by Gasteiger charge is -2.23. The largest absolute Gasteiger partial charge is 0.573 e. The Morgan fingerprint density at radius 1 is 1.03 bits per heavy atom. The third kappa shape index (κ3) is 7.05. The number of nitrogens with one attached hydrogen (secondary N) is 2. The van der Waals surface area contributed by atoms with E-state index >= 15 is 0 Å². The Hall–Kier alpha value is -3.89. The van der Waals surface area contributed by atoms with Gasteiger partial charge in [0.15, 0.2) is 0 Å². The van der Waals surface area contributed by atoms with E-state index in [1.165, 1.54) is 36.8 Å². The molecule has 0 amide bonds. The summed E-state index contributed by atoms with van der Waals surface area (Å²) in [5.41, 5.74) is 1.67. The SMILES string of the molecule is O=[N+]([O-])c1ccc(CNc2cc(-c3cccc(OC(F)(F)F)c3)nc(NC3CCCCC3)n2)cc1. The molecule has 1 aliphatic rings. The number of non-ortho nitro benzene ring substituents is 1. The standard InChI is InChI=1S/C24H24F3N5O3/c25-24(26,27)35-20-8-4-5-17(13-20)21-14-22(28-15-16-9-11-19(12-10-16)32(33)34)31-23(30-21)29-18-6-2-1-3-7-18/h4-5,8-14,18H,1-3,6-7,15H2,(H2,28,29,30,31). The van der Waals surface area contributed by atoms with E-state index in [9.17, 15) is 23.3 Å². The van der Waals surface area contributed by atoms with Gasteiger partial charge < -0.3 is 15.4 Å². The molecule has 0 bridgehead atoms. The molecule has 1 saturated carbocycles. The van der Waals surface area contributed by atoms with Gasteiger partial charge >= 0.3 is 6.36 Å². The average molecular weight is 487 g/mol. The van der Waals surface area contributed by atoms with Crippen molar-refractivity contribution in [3.8, 4) is 17.0 Å². The van der Waals surface area contributed by atoms with E-state index in [1.54, 1.807) is 24.3 Å². The van der Waals surface area contributed by atoms with Gasteiger partial charge in [-0.1, -0.05) is 43.5 Å². The molecule has 3 aromatic rings. The van der Waals surface area contributed by atoms with Crippen LogP contribution in [0.15, 0.2) is 54.6 Å². The minimum Gasteiger partial charge on any atom is -0.406 e. The highest BCUT2D eigenvalue weighted by Crippen LogP contribution is 2.29. The minimum atomic E-state index is -4.80. The summed E-state index contributed by atoms with van der Waals surface area (Å²) < 4.78 is 42.1. The van der Waals surface area contributed by atoms with Crippen LogP contribution >= 0.6 is 0 Å². The maximum Gasteiger partial charge on any atom is 0.573 e. The van der Waals surface area contributed by atoms with Crippen LogP contribution in [-0.4, -0.2) is 27.3 Å². The fourth-order valence-electron chi connectivity index (χ4n) is 3.96. The molecule has 0 atom stereocenters. The monoisotopic (exact) mass is 487 g/mol. The molecule has 11 heteroatoms. The molecule has 0 aliphatic heterocycles. The number of rotatable bonds is 8. The van der Waals surface area contributed by atoms with Crippen molar-refractivity contribution in [3.63, 3.8) is 0 Å². The summed E-state index contributed by atoms with van der Waals surface area (Å²) in [5, 5.41) is 17.4. The Morgan fingerprint density at radius 3 is 2.46 bits per heavy atom. The second-order valence-electron chi connectivity index (χ2n) is 8.29. The van der Waals surface area contributed by atoms with E-state index in [1.807, 2.05) is 0 Å². The van der Waals surface area contributed by atoms with Crippen molar-refractivity contribution in [2.24, 2.45) is 0 Å². The average Bonchev–Trinajstić information content (AvgIpc) is 2.83. The number of hydrogen-bond acceptors (Lipinski definition) is 7. The van der Waals surface area contributed by atoms with E-state index in [0.717, 1.165) is 31.2 Å². The van der Waals surface area contributed by atoms with Gasteiger partial charge in [-0.05, 0) is 30.5 Å². The number of nitrogens with zero attached hydrogens (tertiary/aromatic N) is 3. The Bertz CT molecular complexity index is 1170. The van der Waals surface area contributed by atoms with Crippen molar-refractivity contribution in [3.05, 3.63) is 70.3 Å². The van der Waals surface area contributed by atoms with Crippen LogP contribution in [0.1, 0.15) is 37.7 Å². The number of aromatic nitrogens is 2. The van der Waals surface area contributed by atoms with Crippen molar-refractivity contribution in [1.29, 1.82) is 0 Å². The number of nitro groups is 1. The van der Waals surface area contributed by atoms with Gasteiger partial charge in [0.2, 0.25) is 5.95 Å². The molecule has 0 saturated heterocycles. The first kappa shape index (κ1) is 24.2. The van der Waals surface area contributed by atoms with Gasteiger partial charge in [-0.3, -0.25) is 10.1 Å². The van der Waals surface area contributed by atoms with E-state index in [4.69, 9.17) is 0 Å². The predicted molar refractivity (Wildman–Crippen MR) is 125 cm³/mol. The van der Waals surface area contributed by atoms with Crippen molar-refractivity contribution >= 4 is 17.5 Å². The molecule has 1 fully saturated rings. The highest BCUT2D eigenvalue weighted by Gasteiger charge is 2.31. The number of hydrogen-bond donors (Lipinski definition) is 2. The number of halogens is 3.